The first-order chi connectivity index (χ1) is 15.2. The van der Waals surface area contributed by atoms with E-state index in [1.54, 1.807) is 0 Å². The van der Waals surface area contributed by atoms with E-state index in [0.29, 0.717) is 28.8 Å². The molecular weight excluding hydrogens is 389 g/mol. The molecule has 2 aliphatic heterocycles. The maximum absolute atomic E-state index is 13.6. The quantitative estimate of drug-likeness (QED) is 0.418. The zero-order valence-electron chi connectivity index (χ0n) is 16.6. The molecule has 0 spiro atoms. The first kappa shape index (κ1) is 19.0. The van der Waals surface area contributed by atoms with Crippen molar-refractivity contribution in [1.29, 1.82) is 0 Å². The molecule has 5 rings (SSSR count). The molecule has 2 heterocycles. The summed E-state index contributed by atoms with van der Waals surface area (Å²) in [6.45, 7) is 0. The van der Waals surface area contributed by atoms with Crippen LogP contribution in [0.2, 0.25) is 0 Å². The summed E-state index contributed by atoms with van der Waals surface area (Å²) >= 11 is 0. The topological polar surface area (TPSA) is 37.4 Å². The van der Waals surface area contributed by atoms with Crippen molar-refractivity contribution in [3.63, 3.8) is 0 Å². The molecule has 3 nitrogen and oxygen atoms in total. The molecule has 0 aromatic heterocycles. The third-order valence-electron chi connectivity index (χ3n) is 5.80. The fraction of sp³-hybridized carbons (Fsp3) is 0.0741. The predicted octanol–water partition coefficient (Wildman–Crippen LogP) is 5.61. The molecule has 3 aromatic carbocycles. The average molecular weight is 407 g/mol. The van der Waals surface area contributed by atoms with E-state index in [1.807, 2.05) is 72.8 Å². The molecule has 0 N–H and O–H groups in total. The number of Topliss-reactive ketones (excluding diaryl/α,β-unsaturated/α-hetero) is 1. The van der Waals surface area contributed by atoms with Gasteiger partial charge in [-0.05, 0) is 41.5 Å². The fourth-order valence-electron chi connectivity index (χ4n) is 4.33. The van der Waals surface area contributed by atoms with Crippen LogP contribution in [0.5, 0.6) is 0 Å². The van der Waals surface area contributed by atoms with Crippen LogP contribution in [0.4, 0.5) is 4.39 Å². The Balaban J connectivity index is 1.76. The molecule has 0 amide bonds. The van der Waals surface area contributed by atoms with E-state index in [4.69, 9.17) is 0 Å². The molecule has 0 saturated heterocycles. The second-order valence-corrected chi connectivity index (χ2v) is 7.58. The van der Waals surface area contributed by atoms with Crippen LogP contribution >= 0.6 is 0 Å². The molecule has 4 heteroatoms. The third kappa shape index (κ3) is 3.24. The first-order valence-electron chi connectivity index (χ1n) is 10.1. The first-order valence-corrected chi connectivity index (χ1v) is 10.1. The van der Waals surface area contributed by atoms with Crippen LogP contribution < -0.4 is 0 Å². The number of allylic oxidation sites excluding steroid dienone is 1. The summed E-state index contributed by atoms with van der Waals surface area (Å²) in [6.07, 6.45) is 4.34. The third-order valence-corrected chi connectivity index (χ3v) is 5.80. The van der Waals surface area contributed by atoms with Crippen molar-refractivity contribution in [2.24, 2.45) is 0 Å². The SMILES string of the molecule is O=C=C1CC(c2ccccc2)N2C=Cc3ccccc3C2=C1C(=O)c1ccc(F)cc1. The molecule has 0 bridgehead atoms. The van der Waals surface area contributed by atoms with Gasteiger partial charge < -0.3 is 4.90 Å². The minimum absolute atomic E-state index is 0.137. The van der Waals surface area contributed by atoms with Crippen LogP contribution in [-0.4, -0.2) is 16.6 Å². The number of rotatable bonds is 3. The predicted molar refractivity (Wildman–Crippen MR) is 118 cm³/mol. The maximum atomic E-state index is 13.6. The minimum atomic E-state index is -0.416. The Morgan fingerprint density at radius 2 is 1.65 bits per heavy atom. The molecule has 3 aromatic rings. The van der Waals surface area contributed by atoms with Gasteiger partial charge in [0.05, 0.1) is 22.9 Å². The monoisotopic (exact) mass is 407 g/mol. The molecule has 1 unspecified atom stereocenters. The van der Waals surface area contributed by atoms with E-state index in [2.05, 4.69) is 4.90 Å². The van der Waals surface area contributed by atoms with Crippen molar-refractivity contribution in [1.82, 2.24) is 4.90 Å². The van der Waals surface area contributed by atoms with Gasteiger partial charge in [0.25, 0.3) is 0 Å². The molecular formula is C27H18FNO2. The van der Waals surface area contributed by atoms with Crippen LogP contribution in [0.25, 0.3) is 11.8 Å². The number of halogens is 1. The Morgan fingerprint density at radius 3 is 2.39 bits per heavy atom. The summed E-state index contributed by atoms with van der Waals surface area (Å²) in [5.41, 5.74) is 4.57. The van der Waals surface area contributed by atoms with Crippen LogP contribution in [0.1, 0.15) is 39.5 Å². The van der Waals surface area contributed by atoms with Crippen molar-refractivity contribution < 1.29 is 14.0 Å². The van der Waals surface area contributed by atoms with Crippen molar-refractivity contribution in [2.75, 3.05) is 0 Å². The smallest absolute Gasteiger partial charge is 0.196 e. The summed E-state index contributed by atoms with van der Waals surface area (Å²) in [5.74, 6) is 1.32. The van der Waals surface area contributed by atoms with Gasteiger partial charge in [-0.25, -0.2) is 9.18 Å². The van der Waals surface area contributed by atoms with Crippen molar-refractivity contribution in [3.05, 3.63) is 124 Å². The number of fused-ring (bicyclic) bond motifs is 3. The zero-order chi connectivity index (χ0) is 21.4. The lowest BCUT2D eigenvalue weighted by molar-refractivity contribution is 0.103. The van der Waals surface area contributed by atoms with E-state index < -0.39 is 5.82 Å². The Kier molecular flexibility index (Phi) is 4.70. The van der Waals surface area contributed by atoms with Crippen LogP contribution in [0, 0.1) is 5.82 Å². The van der Waals surface area contributed by atoms with E-state index in [9.17, 15) is 14.0 Å². The van der Waals surface area contributed by atoms with Crippen molar-refractivity contribution in [3.8, 4) is 0 Å². The highest BCUT2D eigenvalue weighted by atomic mass is 19.1. The molecule has 0 saturated carbocycles. The summed E-state index contributed by atoms with van der Waals surface area (Å²) in [5, 5.41) is 0. The van der Waals surface area contributed by atoms with Gasteiger partial charge in [0.2, 0.25) is 0 Å². The van der Waals surface area contributed by atoms with Gasteiger partial charge in [0, 0.05) is 23.7 Å². The van der Waals surface area contributed by atoms with E-state index in [1.165, 1.54) is 24.3 Å². The lowest BCUT2D eigenvalue weighted by Crippen LogP contribution is -2.32. The molecule has 0 radical (unpaired) electrons. The number of hydrogen-bond donors (Lipinski definition) is 0. The van der Waals surface area contributed by atoms with Gasteiger partial charge in [-0.15, -0.1) is 0 Å². The molecule has 0 fully saturated rings. The lowest BCUT2D eigenvalue weighted by atomic mass is 9.81. The standard InChI is InChI=1S/C27H18FNO2/c28-22-12-10-20(11-13-22)27(31)25-21(17-30)16-24(19-7-2-1-3-8-19)29-15-14-18-6-4-5-9-23(18)26(25)29/h1-15,24H,16H2. The van der Waals surface area contributed by atoms with Gasteiger partial charge in [0.15, 0.2) is 5.78 Å². The summed E-state index contributed by atoms with van der Waals surface area (Å²) in [7, 11) is 0. The number of hydrogen-bond acceptors (Lipinski definition) is 3. The van der Waals surface area contributed by atoms with Crippen molar-refractivity contribution >= 4 is 23.5 Å². The lowest BCUT2D eigenvalue weighted by Gasteiger charge is -2.41. The van der Waals surface area contributed by atoms with Gasteiger partial charge in [-0.2, -0.15) is 0 Å². The fourth-order valence-corrected chi connectivity index (χ4v) is 4.33. The molecule has 2 aliphatic rings. The van der Waals surface area contributed by atoms with E-state index in [-0.39, 0.29) is 11.8 Å². The highest BCUT2D eigenvalue weighted by Crippen LogP contribution is 2.47. The van der Waals surface area contributed by atoms with Gasteiger partial charge in [-0.1, -0.05) is 54.6 Å². The number of nitrogens with zero attached hydrogens (tertiary/aromatic N) is 1. The molecule has 31 heavy (non-hydrogen) atoms. The number of carbonyl (C=O) groups excluding carboxylic acids is 2. The van der Waals surface area contributed by atoms with Gasteiger partial charge >= 0.3 is 0 Å². The maximum Gasteiger partial charge on any atom is 0.196 e. The van der Waals surface area contributed by atoms with Crippen LogP contribution in [-0.2, 0) is 4.79 Å². The number of carbonyl (C=O) groups is 1. The molecule has 150 valence electrons. The summed E-state index contributed by atoms with van der Waals surface area (Å²) in [6, 6.07) is 23.0. The minimum Gasteiger partial charge on any atom is -0.339 e. The van der Waals surface area contributed by atoms with E-state index in [0.717, 1.165) is 16.7 Å². The average Bonchev–Trinajstić information content (AvgIpc) is 2.83. The molecule has 1 atom stereocenters. The summed E-state index contributed by atoms with van der Waals surface area (Å²) < 4.78 is 13.4. The van der Waals surface area contributed by atoms with Crippen molar-refractivity contribution in [2.45, 2.75) is 12.5 Å². The highest BCUT2D eigenvalue weighted by molar-refractivity contribution is 6.18. The van der Waals surface area contributed by atoms with Gasteiger partial charge in [0.1, 0.15) is 11.8 Å². The van der Waals surface area contributed by atoms with Crippen LogP contribution in [0.15, 0.2) is 96.2 Å². The summed E-state index contributed by atoms with van der Waals surface area (Å²) in [4.78, 5) is 27.7. The molecule has 0 aliphatic carbocycles. The van der Waals surface area contributed by atoms with Gasteiger partial charge in [-0.3, -0.25) is 4.79 Å². The Labute approximate surface area is 179 Å². The Hall–Kier alpha value is -4.01. The second-order valence-electron chi connectivity index (χ2n) is 7.58. The largest absolute Gasteiger partial charge is 0.339 e. The normalized spacial score (nSPS) is 17.1. The second kappa shape index (κ2) is 7.67. The number of ketones is 1. The zero-order valence-corrected chi connectivity index (χ0v) is 16.6. The Morgan fingerprint density at radius 1 is 0.935 bits per heavy atom. The number of benzene rings is 3. The van der Waals surface area contributed by atoms with E-state index >= 15 is 0 Å². The Bertz CT molecular complexity index is 1280. The highest BCUT2D eigenvalue weighted by Gasteiger charge is 2.37. The van der Waals surface area contributed by atoms with Crippen LogP contribution in [0.3, 0.4) is 0 Å².